The minimum atomic E-state index is -1.11. The maximum absolute atomic E-state index is 11.4. The van der Waals surface area contributed by atoms with Crippen molar-refractivity contribution >= 4 is 11.7 Å². The smallest absolute Gasteiger partial charge is 0.333 e. The predicted octanol–water partition coefficient (Wildman–Crippen LogP) is 1.53. The zero-order chi connectivity index (χ0) is 18.0. The maximum atomic E-state index is 11.4. The topological polar surface area (TPSA) is 91.5 Å². The Hall–Kier alpha value is -3.03. The number of benzene rings is 2. The van der Waals surface area contributed by atoms with E-state index in [-0.39, 0.29) is 18.0 Å². The van der Waals surface area contributed by atoms with Gasteiger partial charge in [0.2, 0.25) is 0 Å². The fourth-order valence-corrected chi connectivity index (χ4v) is 2.41. The second-order valence-electron chi connectivity index (χ2n) is 5.75. The highest BCUT2D eigenvalue weighted by Crippen LogP contribution is 2.33. The SMILES string of the molecule is C=C(C)C(=O)OCCc1ccc(O)c([N+]2(O)N=c3ccccc3=N2)c1. The van der Waals surface area contributed by atoms with Gasteiger partial charge in [0, 0.05) is 18.1 Å². The first-order valence-electron chi connectivity index (χ1n) is 7.71. The lowest BCUT2D eigenvalue weighted by Gasteiger charge is -2.15. The molecule has 2 aromatic rings. The summed E-state index contributed by atoms with van der Waals surface area (Å²) in [6.45, 7) is 5.26. The Morgan fingerprint density at radius 1 is 1.20 bits per heavy atom. The van der Waals surface area contributed by atoms with Crippen molar-refractivity contribution in [3.05, 3.63) is 70.9 Å². The minimum Gasteiger partial charge on any atom is -0.502 e. The molecule has 0 amide bonds. The molecule has 0 aromatic heterocycles. The van der Waals surface area contributed by atoms with Gasteiger partial charge in [-0.25, -0.2) is 4.79 Å². The Bertz CT molecular complexity index is 934. The second kappa shape index (κ2) is 6.46. The van der Waals surface area contributed by atoms with Crippen molar-refractivity contribution in [2.45, 2.75) is 13.3 Å². The van der Waals surface area contributed by atoms with Gasteiger partial charge in [0.1, 0.15) is 0 Å². The van der Waals surface area contributed by atoms with E-state index in [1.54, 1.807) is 43.3 Å². The zero-order valence-corrected chi connectivity index (χ0v) is 13.7. The van der Waals surface area contributed by atoms with E-state index < -0.39 is 10.8 Å². The van der Waals surface area contributed by atoms with Gasteiger partial charge in [0.15, 0.2) is 16.5 Å². The van der Waals surface area contributed by atoms with Gasteiger partial charge in [-0.3, -0.25) is 0 Å². The molecule has 0 bridgehead atoms. The van der Waals surface area contributed by atoms with Crippen molar-refractivity contribution in [1.29, 1.82) is 0 Å². The Morgan fingerprint density at radius 2 is 1.84 bits per heavy atom. The van der Waals surface area contributed by atoms with Crippen LogP contribution in [0.25, 0.3) is 0 Å². The van der Waals surface area contributed by atoms with Gasteiger partial charge in [-0.1, -0.05) is 24.8 Å². The lowest BCUT2D eigenvalue weighted by molar-refractivity contribution is -0.138. The number of nitrogens with zero attached hydrogens (tertiary/aromatic N) is 3. The van der Waals surface area contributed by atoms with Crippen molar-refractivity contribution in [2.24, 2.45) is 10.2 Å². The number of rotatable bonds is 5. The molecule has 0 saturated heterocycles. The Balaban J connectivity index is 1.85. The molecule has 7 nitrogen and oxygen atoms in total. The molecule has 0 spiro atoms. The lowest BCUT2D eigenvalue weighted by Crippen LogP contribution is -2.32. The first-order chi connectivity index (χ1) is 11.9. The third-order valence-electron chi connectivity index (χ3n) is 3.71. The summed E-state index contributed by atoms with van der Waals surface area (Å²) in [5, 5.41) is 30.2. The molecular formula is C18H18N3O4+. The molecule has 3 rings (SSSR count). The quantitative estimate of drug-likeness (QED) is 0.491. The van der Waals surface area contributed by atoms with E-state index in [9.17, 15) is 15.1 Å². The first kappa shape index (κ1) is 16.8. The molecule has 0 fully saturated rings. The van der Waals surface area contributed by atoms with Crippen LogP contribution in [0.2, 0.25) is 0 Å². The summed E-state index contributed by atoms with van der Waals surface area (Å²) in [6, 6.07) is 11.8. The summed E-state index contributed by atoms with van der Waals surface area (Å²) in [4.78, 5) is 10.3. The number of phenolic OH excluding ortho intramolecular Hbond substituents is 1. The largest absolute Gasteiger partial charge is 0.502 e. The molecule has 25 heavy (non-hydrogen) atoms. The first-order valence-corrected chi connectivity index (χ1v) is 7.71. The van der Waals surface area contributed by atoms with Crippen molar-refractivity contribution in [3.63, 3.8) is 0 Å². The summed E-state index contributed by atoms with van der Waals surface area (Å²) in [6.07, 6.45) is 0.416. The number of esters is 1. The highest BCUT2D eigenvalue weighted by molar-refractivity contribution is 5.86. The molecule has 2 aromatic carbocycles. The van der Waals surface area contributed by atoms with Crippen molar-refractivity contribution < 1.29 is 19.8 Å². The average Bonchev–Trinajstić information content (AvgIpc) is 2.93. The molecule has 0 aliphatic carbocycles. The van der Waals surface area contributed by atoms with Crippen LogP contribution in [0.4, 0.5) is 5.69 Å². The molecule has 0 saturated carbocycles. The fraction of sp³-hybridized carbons (Fsp3) is 0.167. The zero-order valence-electron chi connectivity index (χ0n) is 13.7. The summed E-state index contributed by atoms with van der Waals surface area (Å²) in [5.74, 6) is -0.588. The summed E-state index contributed by atoms with van der Waals surface area (Å²) in [7, 11) is 0. The average molecular weight is 340 g/mol. The van der Waals surface area contributed by atoms with Crippen LogP contribution in [-0.2, 0) is 16.0 Å². The van der Waals surface area contributed by atoms with Crippen molar-refractivity contribution in [3.8, 4) is 5.75 Å². The minimum absolute atomic E-state index is 0.125. The van der Waals surface area contributed by atoms with Crippen LogP contribution < -0.4 is 15.6 Å². The fourth-order valence-electron chi connectivity index (χ4n) is 2.41. The highest BCUT2D eigenvalue weighted by atomic mass is 16.6. The second-order valence-corrected chi connectivity index (χ2v) is 5.75. The van der Waals surface area contributed by atoms with Gasteiger partial charge in [-0.2, -0.15) is 5.21 Å². The summed E-state index contributed by atoms with van der Waals surface area (Å²) < 4.78 is 5.06. The molecule has 0 radical (unpaired) electrons. The molecule has 1 heterocycles. The van der Waals surface area contributed by atoms with Crippen LogP contribution in [-0.4, -0.2) is 22.9 Å². The third kappa shape index (κ3) is 3.42. The molecule has 128 valence electrons. The Labute approximate surface area is 144 Å². The number of ether oxygens (including phenoxy) is 1. The third-order valence-corrected chi connectivity index (χ3v) is 3.71. The number of hydrogen-bond acceptors (Lipinski definition) is 6. The van der Waals surface area contributed by atoms with Gasteiger partial charge < -0.3 is 9.84 Å². The number of carbonyl (C=O) groups is 1. The normalized spacial score (nSPS) is 14.2. The Morgan fingerprint density at radius 3 is 2.44 bits per heavy atom. The molecule has 2 N–H and O–H groups in total. The summed E-state index contributed by atoms with van der Waals surface area (Å²) in [5.41, 5.74) is 1.22. The van der Waals surface area contributed by atoms with E-state index in [1.165, 1.54) is 6.07 Å². The highest BCUT2D eigenvalue weighted by Gasteiger charge is 2.36. The van der Waals surface area contributed by atoms with E-state index in [4.69, 9.17) is 4.74 Å². The monoisotopic (exact) mass is 340 g/mol. The number of hydrogen-bond donors (Lipinski definition) is 2. The lowest BCUT2D eigenvalue weighted by atomic mass is 10.1. The van der Waals surface area contributed by atoms with Crippen LogP contribution in [0.5, 0.6) is 5.75 Å². The Kier molecular flexibility index (Phi) is 4.35. The van der Waals surface area contributed by atoms with Gasteiger partial charge >= 0.3 is 5.97 Å². The standard InChI is InChI=1S/C18H17N3O4/c1-12(2)18(23)25-10-9-13-7-8-17(22)16(11-13)21(24)19-14-5-3-4-6-15(14)20-21/h3-8,11,24H,1,9-10H2,2H3/p+1. The van der Waals surface area contributed by atoms with E-state index in [0.29, 0.717) is 22.7 Å². The maximum Gasteiger partial charge on any atom is 0.333 e. The molecule has 0 atom stereocenters. The predicted molar refractivity (Wildman–Crippen MR) is 89.9 cm³/mol. The number of aromatic hydroxyl groups is 1. The van der Waals surface area contributed by atoms with Crippen LogP contribution in [0.3, 0.4) is 0 Å². The molecule has 1 aliphatic rings. The van der Waals surface area contributed by atoms with Gasteiger partial charge in [-0.05, 0) is 40.9 Å². The number of carbonyl (C=O) groups excluding carboxylic acids is 1. The van der Waals surface area contributed by atoms with Crippen LogP contribution in [0.1, 0.15) is 12.5 Å². The van der Waals surface area contributed by atoms with E-state index in [2.05, 4.69) is 16.8 Å². The van der Waals surface area contributed by atoms with E-state index in [1.807, 2.05) is 0 Å². The molecule has 0 unspecified atom stereocenters. The van der Waals surface area contributed by atoms with Crippen molar-refractivity contribution in [2.75, 3.05) is 6.61 Å². The molecule has 1 aliphatic heterocycles. The van der Waals surface area contributed by atoms with Gasteiger partial charge in [0.05, 0.1) is 11.5 Å². The van der Waals surface area contributed by atoms with Crippen LogP contribution in [0, 0.1) is 0 Å². The van der Waals surface area contributed by atoms with Gasteiger partial charge in [-0.15, -0.1) is 0 Å². The van der Waals surface area contributed by atoms with E-state index >= 15 is 0 Å². The molecule has 7 heteroatoms. The number of phenols is 1. The summed E-state index contributed by atoms with van der Waals surface area (Å²) >= 11 is 0. The van der Waals surface area contributed by atoms with Crippen LogP contribution in [0.15, 0.2) is 64.8 Å². The van der Waals surface area contributed by atoms with E-state index in [0.717, 1.165) is 5.56 Å². The number of fused-ring (bicyclic) bond motifs is 1. The van der Waals surface area contributed by atoms with Crippen LogP contribution >= 0.6 is 0 Å². The number of quaternary nitrogens is 1. The van der Waals surface area contributed by atoms with Gasteiger partial charge in [0.25, 0.3) is 5.69 Å². The molecular weight excluding hydrogens is 322 g/mol. The van der Waals surface area contributed by atoms with Crippen molar-refractivity contribution in [1.82, 2.24) is 4.86 Å².